The maximum Gasteiger partial charge on any atom is 0.416 e. The van der Waals surface area contributed by atoms with E-state index in [0.717, 1.165) is 31.5 Å². The molecule has 0 unspecified atom stereocenters. The van der Waals surface area contributed by atoms with Crippen LogP contribution in [0.2, 0.25) is 0 Å². The summed E-state index contributed by atoms with van der Waals surface area (Å²) in [7, 11) is 0. The van der Waals surface area contributed by atoms with Crippen molar-refractivity contribution in [2.45, 2.75) is 38.9 Å². The van der Waals surface area contributed by atoms with Crippen molar-refractivity contribution in [1.29, 1.82) is 0 Å². The third-order valence-corrected chi connectivity index (χ3v) is 4.50. The standard InChI is InChI=1S/C18H21F3N4O.ClH/c1-11-8-13(6-7-22-11)17(26)23-16-9-12(2)24-25(16)15-5-3-4-14(10-15)18(19,20)21;/h3-5,9-11,13,22H,6-8H2,1-2H3,(H,23,26);1H/t11-,13-;/m0./s1. The smallest absolute Gasteiger partial charge is 0.314 e. The van der Waals surface area contributed by atoms with E-state index in [1.807, 2.05) is 6.92 Å². The lowest BCUT2D eigenvalue weighted by molar-refractivity contribution is -0.137. The minimum Gasteiger partial charge on any atom is -0.314 e. The van der Waals surface area contributed by atoms with Gasteiger partial charge in [-0.1, -0.05) is 6.07 Å². The molecule has 0 radical (unpaired) electrons. The first-order valence-corrected chi connectivity index (χ1v) is 8.52. The molecule has 2 aromatic rings. The summed E-state index contributed by atoms with van der Waals surface area (Å²) in [6.45, 7) is 4.52. The number of rotatable bonds is 3. The van der Waals surface area contributed by atoms with E-state index in [1.165, 1.54) is 16.8 Å². The molecule has 9 heteroatoms. The van der Waals surface area contributed by atoms with Crippen LogP contribution in [0.15, 0.2) is 30.3 Å². The molecule has 5 nitrogen and oxygen atoms in total. The Hall–Kier alpha value is -2.06. The molecule has 0 spiro atoms. The van der Waals surface area contributed by atoms with Gasteiger partial charge in [-0.2, -0.15) is 18.3 Å². The van der Waals surface area contributed by atoms with Crippen LogP contribution in [0.3, 0.4) is 0 Å². The van der Waals surface area contributed by atoms with Crippen molar-refractivity contribution in [2.75, 3.05) is 11.9 Å². The average molecular weight is 403 g/mol. The van der Waals surface area contributed by atoms with Crippen molar-refractivity contribution in [1.82, 2.24) is 15.1 Å². The topological polar surface area (TPSA) is 59.0 Å². The fourth-order valence-electron chi connectivity index (χ4n) is 3.20. The van der Waals surface area contributed by atoms with Crippen molar-refractivity contribution in [3.05, 3.63) is 41.6 Å². The predicted molar refractivity (Wildman–Crippen MR) is 99.4 cm³/mol. The zero-order valence-corrected chi connectivity index (χ0v) is 15.8. The number of aromatic nitrogens is 2. The van der Waals surface area contributed by atoms with Crippen molar-refractivity contribution < 1.29 is 18.0 Å². The molecule has 1 amide bonds. The molecule has 1 aliphatic rings. The summed E-state index contributed by atoms with van der Waals surface area (Å²) in [5.74, 6) is 0.112. The molecule has 148 valence electrons. The van der Waals surface area contributed by atoms with Gasteiger partial charge in [0.15, 0.2) is 0 Å². The number of alkyl halides is 3. The van der Waals surface area contributed by atoms with E-state index in [2.05, 4.69) is 15.7 Å². The molecular weight excluding hydrogens is 381 g/mol. The third kappa shape index (κ3) is 5.01. The second-order valence-electron chi connectivity index (χ2n) is 6.70. The lowest BCUT2D eigenvalue weighted by Gasteiger charge is -2.27. The Labute approximate surface area is 161 Å². The highest BCUT2D eigenvalue weighted by atomic mass is 35.5. The molecule has 1 saturated heterocycles. The van der Waals surface area contributed by atoms with Gasteiger partial charge in [0, 0.05) is 18.0 Å². The number of amides is 1. The SMILES string of the molecule is Cc1cc(NC(=O)[C@H]2CCN[C@@H](C)C2)n(-c2cccc(C(F)(F)F)c2)n1.Cl. The first kappa shape index (κ1) is 21.2. The van der Waals surface area contributed by atoms with Crippen LogP contribution in [-0.2, 0) is 11.0 Å². The molecule has 1 aromatic carbocycles. The predicted octanol–water partition coefficient (Wildman–Crippen LogP) is 3.95. The molecule has 3 rings (SSSR count). The molecule has 0 saturated carbocycles. The van der Waals surface area contributed by atoms with Crippen molar-refractivity contribution in [2.24, 2.45) is 5.92 Å². The van der Waals surface area contributed by atoms with Gasteiger partial charge in [0.1, 0.15) is 5.82 Å². The highest BCUT2D eigenvalue weighted by Crippen LogP contribution is 2.31. The van der Waals surface area contributed by atoms with Crippen molar-refractivity contribution in [3.8, 4) is 5.69 Å². The van der Waals surface area contributed by atoms with E-state index in [1.54, 1.807) is 13.0 Å². The highest BCUT2D eigenvalue weighted by molar-refractivity contribution is 5.92. The number of carbonyl (C=O) groups is 1. The summed E-state index contributed by atoms with van der Waals surface area (Å²) < 4.78 is 40.3. The summed E-state index contributed by atoms with van der Waals surface area (Å²) in [4.78, 5) is 12.6. The van der Waals surface area contributed by atoms with Crippen molar-refractivity contribution in [3.63, 3.8) is 0 Å². The molecule has 27 heavy (non-hydrogen) atoms. The van der Waals surface area contributed by atoms with Crippen LogP contribution in [0.5, 0.6) is 0 Å². The normalized spacial score (nSPS) is 20.0. The summed E-state index contributed by atoms with van der Waals surface area (Å²) in [6, 6.07) is 6.81. The number of hydrogen-bond donors (Lipinski definition) is 2. The van der Waals surface area contributed by atoms with Gasteiger partial charge in [-0.3, -0.25) is 4.79 Å². The number of nitrogens with one attached hydrogen (secondary N) is 2. The maximum absolute atomic E-state index is 13.0. The van der Waals surface area contributed by atoms with Crippen molar-refractivity contribution >= 4 is 24.1 Å². The number of anilines is 1. The van der Waals surface area contributed by atoms with Gasteiger partial charge in [0.05, 0.1) is 16.9 Å². The Morgan fingerprint density at radius 2 is 2.07 bits per heavy atom. The quantitative estimate of drug-likeness (QED) is 0.817. The molecule has 0 bridgehead atoms. The van der Waals surface area contributed by atoms with Gasteiger partial charge >= 0.3 is 6.18 Å². The first-order valence-electron chi connectivity index (χ1n) is 8.52. The largest absolute Gasteiger partial charge is 0.416 e. The van der Waals surface area contributed by atoms with Crippen LogP contribution in [0.25, 0.3) is 5.69 Å². The van der Waals surface area contributed by atoms with Crippen LogP contribution in [0, 0.1) is 12.8 Å². The van der Waals surface area contributed by atoms with Gasteiger partial charge in [0.2, 0.25) is 5.91 Å². The Balaban J connectivity index is 0.00000261. The average Bonchev–Trinajstić information content (AvgIpc) is 2.94. The van der Waals surface area contributed by atoms with Crippen LogP contribution < -0.4 is 10.6 Å². The van der Waals surface area contributed by atoms with Gasteiger partial charge in [0.25, 0.3) is 0 Å². The number of halogens is 4. The van der Waals surface area contributed by atoms with Crippen LogP contribution in [0.4, 0.5) is 19.0 Å². The fraction of sp³-hybridized carbons (Fsp3) is 0.444. The summed E-state index contributed by atoms with van der Waals surface area (Å²) in [5.41, 5.74) is 0.103. The number of nitrogens with zero attached hydrogens (tertiary/aromatic N) is 2. The zero-order valence-electron chi connectivity index (χ0n) is 15.0. The van der Waals surface area contributed by atoms with E-state index in [4.69, 9.17) is 0 Å². The molecular formula is C18H22ClF3N4O. The molecule has 2 atom stereocenters. The van der Waals surface area contributed by atoms with Gasteiger partial charge in [-0.25, -0.2) is 4.68 Å². The minimum absolute atomic E-state index is 0. The highest BCUT2D eigenvalue weighted by Gasteiger charge is 2.31. The molecule has 1 aliphatic heterocycles. The minimum atomic E-state index is -4.44. The molecule has 2 heterocycles. The monoisotopic (exact) mass is 402 g/mol. The fourth-order valence-corrected chi connectivity index (χ4v) is 3.20. The molecule has 1 fully saturated rings. The molecule has 0 aliphatic carbocycles. The second kappa shape index (κ2) is 8.31. The van der Waals surface area contributed by atoms with Crippen LogP contribution in [0.1, 0.15) is 31.0 Å². The zero-order chi connectivity index (χ0) is 18.9. The van der Waals surface area contributed by atoms with Crippen LogP contribution >= 0.6 is 12.4 Å². The molecule has 2 N–H and O–H groups in total. The van der Waals surface area contributed by atoms with E-state index in [9.17, 15) is 18.0 Å². The second-order valence-corrected chi connectivity index (χ2v) is 6.70. The van der Waals surface area contributed by atoms with E-state index in [-0.39, 0.29) is 36.0 Å². The Morgan fingerprint density at radius 1 is 1.33 bits per heavy atom. The van der Waals surface area contributed by atoms with Gasteiger partial charge in [-0.15, -0.1) is 12.4 Å². The Kier molecular flexibility index (Phi) is 6.54. The number of piperidine rings is 1. The number of hydrogen-bond acceptors (Lipinski definition) is 3. The summed E-state index contributed by atoms with van der Waals surface area (Å²) in [6.07, 6.45) is -2.98. The Morgan fingerprint density at radius 3 is 2.74 bits per heavy atom. The summed E-state index contributed by atoms with van der Waals surface area (Å²) >= 11 is 0. The van der Waals surface area contributed by atoms with Gasteiger partial charge in [-0.05, 0) is 51.4 Å². The lowest BCUT2D eigenvalue weighted by Crippen LogP contribution is -2.40. The number of carbonyl (C=O) groups excluding carboxylic acids is 1. The number of benzene rings is 1. The Bertz CT molecular complexity index is 806. The third-order valence-electron chi connectivity index (χ3n) is 4.50. The lowest BCUT2D eigenvalue weighted by atomic mass is 9.92. The van der Waals surface area contributed by atoms with E-state index < -0.39 is 11.7 Å². The van der Waals surface area contributed by atoms with E-state index in [0.29, 0.717) is 11.5 Å². The summed E-state index contributed by atoms with van der Waals surface area (Å²) in [5, 5.41) is 10.4. The van der Waals surface area contributed by atoms with E-state index >= 15 is 0 Å². The molecule has 1 aromatic heterocycles. The van der Waals surface area contributed by atoms with Crippen LogP contribution in [-0.4, -0.2) is 28.3 Å². The maximum atomic E-state index is 13.0. The number of aryl methyl sites for hydroxylation is 1. The van der Waals surface area contributed by atoms with Gasteiger partial charge < -0.3 is 10.6 Å². The first-order chi connectivity index (χ1) is 12.2.